The number of pyridine rings is 1. The lowest BCUT2D eigenvalue weighted by Gasteiger charge is -2.09. The van der Waals surface area contributed by atoms with Gasteiger partial charge in [-0.05, 0) is 29.8 Å². The molecule has 1 N–H and O–H groups in total. The van der Waals surface area contributed by atoms with Crippen LogP contribution in [0.1, 0.15) is 5.56 Å². The van der Waals surface area contributed by atoms with E-state index in [0.717, 1.165) is 26.8 Å². The van der Waals surface area contributed by atoms with E-state index in [1.54, 1.807) is 19.6 Å². The summed E-state index contributed by atoms with van der Waals surface area (Å²) in [6, 6.07) is 9.76. The second-order valence-corrected chi connectivity index (χ2v) is 5.36. The molecule has 0 bridgehead atoms. The topological polar surface area (TPSA) is 59.9 Å². The quantitative estimate of drug-likeness (QED) is 0.785. The number of anilines is 1. The van der Waals surface area contributed by atoms with E-state index in [0.29, 0.717) is 12.4 Å². The normalized spacial score (nSPS) is 10.6. The molecule has 5 nitrogen and oxygen atoms in total. The zero-order valence-electron chi connectivity index (χ0n) is 11.4. The molecule has 0 atom stereocenters. The summed E-state index contributed by atoms with van der Waals surface area (Å²) in [5.41, 5.74) is 1.98. The molecule has 1 aromatic carbocycles. The van der Waals surface area contributed by atoms with Crippen molar-refractivity contribution in [2.24, 2.45) is 0 Å². The summed E-state index contributed by atoms with van der Waals surface area (Å²) in [4.78, 5) is 12.7. The summed E-state index contributed by atoms with van der Waals surface area (Å²) >= 11 is 3.47. The van der Waals surface area contributed by atoms with Crippen LogP contribution in [0.15, 0.2) is 47.3 Å². The summed E-state index contributed by atoms with van der Waals surface area (Å²) in [6.07, 6.45) is 3.29. The first-order valence-corrected chi connectivity index (χ1v) is 7.18. The maximum absolute atomic E-state index is 5.12. The molecule has 2 heterocycles. The average molecular weight is 345 g/mol. The van der Waals surface area contributed by atoms with Gasteiger partial charge in [-0.2, -0.15) is 0 Å². The lowest BCUT2D eigenvalue weighted by molar-refractivity contribution is 0.397. The van der Waals surface area contributed by atoms with Gasteiger partial charge in [0.25, 0.3) is 0 Å². The van der Waals surface area contributed by atoms with E-state index in [2.05, 4.69) is 36.2 Å². The van der Waals surface area contributed by atoms with Crippen molar-refractivity contribution in [1.29, 1.82) is 0 Å². The van der Waals surface area contributed by atoms with Crippen molar-refractivity contribution in [3.63, 3.8) is 0 Å². The minimum Gasteiger partial charge on any atom is -0.481 e. The van der Waals surface area contributed by atoms with E-state index in [1.165, 1.54) is 0 Å². The smallest absolute Gasteiger partial charge is 0.213 e. The highest BCUT2D eigenvalue weighted by atomic mass is 79.9. The highest BCUT2D eigenvalue weighted by Crippen LogP contribution is 2.23. The van der Waals surface area contributed by atoms with Crippen LogP contribution < -0.4 is 10.1 Å². The van der Waals surface area contributed by atoms with Crippen LogP contribution in [-0.4, -0.2) is 22.1 Å². The molecule has 0 unspecified atom stereocenters. The Kier molecular flexibility index (Phi) is 3.96. The zero-order chi connectivity index (χ0) is 14.7. The number of aromatic nitrogens is 3. The Hall–Kier alpha value is -2.21. The predicted octanol–water partition coefficient (Wildman–Crippen LogP) is 3.41. The standard InChI is InChI=1S/C15H13BrN4O/c1-21-14-6-10(4-5-17-14)8-18-15-12-7-11(16)2-3-13(12)19-9-20-15/h2-7,9H,8H2,1H3,(H,18,19,20). The van der Waals surface area contributed by atoms with Gasteiger partial charge in [-0.15, -0.1) is 0 Å². The van der Waals surface area contributed by atoms with E-state index in [-0.39, 0.29) is 0 Å². The number of ether oxygens (including phenoxy) is 1. The first kappa shape index (κ1) is 13.8. The van der Waals surface area contributed by atoms with Crippen LogP contribution >= 0.6 is 15.9 Å². The SMILES string of the molecule is COc1cc(CNc2ncnc3ccc(Br)cc23)ccn1. The van der Waals surface area contributed by atoms with Crippen LogP contribution in [0.2, 0.25) is 0 Å². The minimum absolute atomic E-state index is 0.601. The van der Waals surface area contributed by atoms with E-state index >= 15 is 0 Å². The Morgan fingerprint density at radius 3 is 2.90 bits per heavy atom. The van der Waals surface area contributed by atoms with Gasteiger partial charge in [0.2, 0.25) is 5.88 Å². The monoisotopic (exact) mass is 344 g/mol. The van der Waals surface area contributed by atoms with Gasteiger partial charge < -0.3 is 10.1 Å². The van der Waals surface area contributed by atoms with Gasteiger partial charge in [-0.1, -0.05) is 15.9 Å². The van der Waals surface area contributed by atoms with Crippen molar-refractivity contribution in [1.82, 2.24) is 15.0 Å². The number of rotatable bonds is 4. The summed E-state index contributed by atoms with van der Waals surface area (Å²) in [5.74, 6) is 1.40. The molecule has 0 amide bonds. The van der Waals surface area contributed by atoms with E-state index in [9.17, 15) is 0 Å². The number of nitrogens with one attached hydrogen (secondary N) is 1. The number of nitrogens with zero attached hydrogens (tertiary/aromatic N) is 3. The van der Waals surface area contributed by atoms with Crippen molar-refractivity contribution in [3.05, 3.63) is 52.9 Å². The summed E-state index contributed by atoms with van der Waals surface area (Å²) in [6.45, 7) is 0.636. The highest BCUT2D eigenvalue weighted by Gasteiger charge is 2.04. The number of fused-ring (bicyclic) bond motifs is 1. The van der Waals surface area contributed by atoms with E-state index < -0.39 is 0 Å². The van der Waals surface area contributed by atoms with Gasteiger partial charge in [0.15, 0.2) is 0 Å². The number of methoxy groups -OCH3 is 1. The first-order chi connectivity index (χ1) is 10.3. The molecule has 3 aromatic rings. The molecule has 106 valence electrons. The van der Waals surface area contributed by atoms with E-state index in [4.69, 9.17) is 4.74 Å². The van der Waals surface area contributed by atoms with Crippen molar-refractivity contribution < 1.29 is 4.74 Å². The maximum atomic E-state index is 5.12. The third-order valence-electron chi connectivity index (χ3n) is 3.07. The lowest BCUT2D eigenvalue weighted by Crippen LogP contribution is -2.03. The first-order valence-electron chi connectivity index (χ1n) is 6.39. The lowest BCUT2D eigenvalue weighted by atomic mass is 10.2. The Morgan fingerprint density at radius 1 is 1.14 bits per heavy atom. The number of hydrogen-bond donors (Lipinski definition) is 1. The molecule has 0 aliphatic heterocycles. The Labute approximate surface area is 130 Å². The molecule has 0 fully saturated rings. The second kappa shape index (κ2) is 6.05. The Morgan fingerprint density at radius 2 is 2.05 bits per heavy atom. The molecule has 0 saturated heterocycles. The molecule has 0 radical (unpaired) electrons. The van der Waals surface area contributed by atoms with Crippen LogP contribution in [0.25, 0.3) is 10.9 Å². The molecule has 0 aliphatic carbocycles. The minimum atomic E-state index is 0.601. The van der Waals surface area contributed by atoms with Crippen LogP contribution in [0.3, 0.4) is 0 Å². The molecule has 0 saturated carbocycles. The van der Waals surface area contributed by atoms with Crippen molar-refractivity contribution >= 4 is 32.7 Å². The maximum Gasteiger partial charge on any atom is 0.213 e. The van der Waals surface area contributed by atoms with Crippen LogP contribution in [0.4, 0.5) is 5.82 Å². The molecule has 6 heteroatoms. The fourth-order valence-electron chi connectivity index (χ4n) is 2.03. The fourth-order valence-corrected chi connectivity index (χ4v) is 2.39. The molecular weight excluding hydrogens is 332 g/mol. The third-order valence-corrected chi connectivity index (χ3v) is 3.56. The predicted molar refractivity (Wildman–Crippen MR) is 85.4 cm³/mol. The van der Waals surface area contributed by atoms with Gasteiger partial charge >= 0.3 is 0 Å². The van der Waals surface area contributed by atoms with Crippen molar-refractivity contribution in [2.45, 2.75) is 6.54 Å². The molecule has 0 aliphatic rings. The zero-order valence-corrected chi connectivity index (χ0v) is 13.0. The summed E-state index contributed by atoms with van der Waals surface area (Å²) in [7, 11) is 1.61. The molecule has 0 spiro atoms. The average Bonchev–Trinajstić information content (AvgIpc) is 2.53. The molecule has 21 heavy (non-hydrogen) atoms. The largest absolute Gasteiger partial charge is 0.481 e. The van der Waals surface area contributed by atoms with Crippen molar-refractivity contribution in [2.75, 3.05) is 12.4 Å². The van der Waals surface area contributed by atoms with Crippen LogP contribution in [-0.2, 0) is 6.54 Å². The Balaban J connectivity index is 1.86. The summed E-state index contributed by atoms with van der Waals surface area (Å²) < 4.78 is 6.12. The van der Waals surface area contributed by atoms with Gasteiger partial charge in [0.1, 0.15) is 12.1 Å². The van der Waals surface area contributed by atoms with Gasteiger partial charge in [-0.3, -0.25) is 0 Å². The van der Waals surface area contributed by atoms with Gasteiger partial charge in [0.05, 0.1) is 12.6 Å². The highest BCUT2D eigenvalue weighted by molar-refractivity contribution is 9.10. The van der Waals surface area contributed by atoms with Gasteiger partial charge in [0, 0.05) is 28.7 Å². The van der Waals surface area contributed by atoms with Gasteiger partial charge in [-0.25, -0.2) is 15.0 Å². The number of halogens is 1. The molecule has 3 rings (SSSR count). The number of benzene rings is 1. The van der Waals surface area contributed by atoms with E-state index in [1.807, 2.05) is 30.3 Å². The summed E-state index contributed by atoms with van der Waals surface area (Å²) in [5, 5.41) is 4.31. The van der Waals surface area contributed by atoms with Crippen LogP contribution in [0.5, 0.6) is 5.88 Å². The van der Waals surface area contributed by atoms with Crippen LogP contribution in [0, 0.1) is 0 Å². The fraction of sp³-hybridized carbons (Fsp3) is 0.133. The van der Waals surface area contributed by atoms with Crippen molar-refractivity contribution in [3.8, 4) is 5.88 Å². The molecular formula is C15H13BrN4O. The molecule has 2 aromatic heterocycles. The Bertz CT molecular complexity index is 778. The third kappa shape index (κ3) is 3.11. The number of hydrogen-bond acceptors (Lipinski definition) is 5. The second-order valence-electron chi connectivity index (χ2n) is 4.44.